The van der Waals surface area contributed by atoms with Crippen molar-refractivity contribution in [3.8, 4) is 5.88 Å². The van der Waals surface area contributed by atoms with E-state index in [1.165, 1.54) is 36.5 Å². The van der Waals surface area contributed by atoms with Crippen molar-refractivity contribution in [1.29, 1.82) is 0 Å². The summed E-state index contributed by atoms with van der Waals surface area (Å²) in [5, 5.41) is 30.1. The van der Waals surface area contributed by atoms with Gasteiger partial charge in [-0.1, -0.05) is 18.2 Å². The number of carboxylic acids is 1. The van der Waals surface area contributed by atoms with Crippen molar-refractivity contribution < 1.29 is 46.1 Å². The van der Waals surface area contributed by atoms with E-state index >= 15 is 0 Å². The molecule has 0 saturated carbocycles. The fourth-order valence-electron chi connectivity index (χ4n) is 7.17. The molecule has 3 aromatic heterocycles. The van der Waals surface area contributed by atoms with Gasteiger partial charge in [-0.25, -0.2) is 8.42 Å². The molecule has 0 radical (unpaired) electrons. The SMILES string of the molecule is Cc1ccc(C(c2ccn3c(C(F)(F)F)nnc3c2C)C(C)(C)C(=O)O)cc1CN1CC2(CCOCC2)Oc2nc(N[C@H](C)CCO)ccc2S1(=O)=O. The summed E-state index contributed by atoms with van der Waals surface area (Å²) in [6.07, 6.45) is -2.28. The van der Waals surface area contributed by atoms with Gasteiger partial charge in [-0.3, -0.25) is 9.20 Å². The summed E-state index contributed by atoms with van der Waals surface area (Å²) in [5.41, 5.74) is 0.175. The second-order valence-electron chi connectivity index (χ2n) is 14.5. The number of nitrogens with zero attached hydrogens (tertiary/aromatic N) is 5. The number of aliphatic hydroxyl groups excluding tert-OH is 1. The molecule has 1 aromatic carbocycles. The van der Waals surface area contributed by atoms with Gasteiger partial charge in [-0.05, 0) is 87.1 Å². The van der Waals surface area contributed by atoms with Crippen LogP contribution in [0.25, 0.3) is 5.65 Å². The Morgan fingerprint density at radius 2 is 1.81 bits per heavy atom. The molecular formula is C36H43F3N6O7S. The van der Waals surface area contributed by atoms with E-state index in [1.54, 1.807) is 31.2 Å². The molecule has 5 heterocycles. The Morgan fingerprint density at radius 1 is 1.09 bits per heavy atom. The molecule has 53 heavy (non-hydrogen) atoms. The van der Waals surface area contributed by atoms with Crippen LogP contribution >= 0.6 is 0 Å². The molecule has 2 aliphatic rings. The Kier molecular flexibility index (Phi) is 10.3. The molecule has 17 heteroatoms. The lowest BCUT2D eigenvalue weighted by molar-refractivity contribution is -0.147. The number of pyridine rings is 2. The molecule has 4 aromatic rings. The Bertz CT molecular complexity index is 2130. The molecule has 1 saturated heterocycles. The van der Waals surface area contributed by atoms with Crippen LogP contribution in [0.4, 0.5) is 19.0 Å². The number of carboxylic acid groups (broad SMARTS) is 1. The molecule has 1 fully saturated rings. The second-order valence-corrected chi connectivity index (χ2v) is 16.4. The number of aromatic nitrogens is 4. The minimum Gasteiger partial charge on any atom is -0.481 e. The van der Waals surface area contributed by atoms with Crippen molar-refractivity contribution in [1.82, 2.24) is 23.9 Å². The Morgan fingerprint density at radius 3 is 2.47 bits per heavy atom. The highest BCUT2D eigenvalue weighted by Crippen LogP contribution is 2.45. The van der Waals surface area contributed by atoms with Crippen molar-refractivity contribution in [3.63, 3.8) is 0 Å². The van der Waals surface area contributed by atoms with E-state index in [4.69, 9.17) is 9.47 Å². The van der Waals surface area contributed by atoms with Gasteiger partial charge in [-0.2, -0.15) is 22.5 Å². The standard InChI is InChI=1S/C36H43F3N6O7S/c1-21-6-7-24(29(34(4,5)33(47)48)26-10-14-45-30(23(26)3)42-43-32(45)36(37,38)39)18-25(21)19-44-20-35(12-16-51-17-13-35)52-31-27(53(44,49)50)8-9-28(41-31)40-22(2)11-15-46/h6-10,14,18,22,29,46H,11-13,15-17,19-20H2,1-5H3,(H,40,41)(H,47,48)/t22-,29?/m1/s1. The molecule has 1 spiro atoms. The third kappa shape index (κ3) is 7.31. The molecule has 13 nitrogen and oxygen atoms in total. The second kappa shape index (κ2) is 14.2. The predicted octanol–water partition coefficient (Wildman–Crippen LogP) is 5.32. The fraction of sp³-hybridized carbons (Fsp3) is 0.500. The average Bonchev–Trinajstić information content (AvgIpc) is 3.50. The van der Waals surface area contributed by atoms with Gasteiger partial charge in [0.25, 0.3) is 0 Å². The molecule has 0 bridgehead atoms. The van der Waals surface area contributed by atoms with Crippen molar-refractivity contribution in [2.45, 2.75) is 89.1 Å². The van der Waals surface area contributed by atoms with Gasteiger partial charge in [-0.15, -0.1) is 10.2 Å². The maximum absolute atomic E-state index is 14.5. The number of halogens is 3. The molecule has 1 unspecified atom stereocenters. The van der Waals surface area contributed by atoms with Gasteiger partial charge in [0, 0.05) is 44.1 Å². The van der Waals surface area contributed by atoms with Gasteiger partial charge in [0.1, 0.15) is 16.3 Å². The molecule has 6 rings (SSSR count). The number of benzene rings is 1. The maximum Gasteiger partial charge on any atom is 0.452 e. The van der Waals surface area contributed by atoms with Crippen molar-refractivity contribution in [2.75, 3.05) is 31.7 Å². The minimum atomic E-state index is -4.75. The van der Waals surface area contributed by atoms with Crippen LogP contribution in [0.5, 0.6) is 5.88 Å². The average molecular weight is 761 g/mol. The summed E-state index contributed by atoms with van der Waals surface area (Å²) >= 11 is 0. The molecular weight excluding hydrogens is 717 g/mol. The monoisotopic (exact) mass is 760 g/mol. The van der Waals surface area contributed by atoms with Crippen LogP contribution < -0.4 is 10.1 Å². The Hall–Kier alpha value is -4.32. The number of carbonyl (C=O) groups is 1. The molecule has 2 aliphatic heterocycles. The molecule has 3 N–H and O–H groups in total. The highest BCUT2D eigenvalue weighted by molar-refractivity contribution is 7.89. The van der Waals surface area contributed by atoms with Crippen LogP contribution in [0.1, 0.15) is 79.6 Å². The largest absolute Gasteiger partial charge is 0.481 e. The summed E-state index contributed by atoms with van der Waals surface area (Å²) in [6, 6.07) is 9.66. The van der Waals surface area contributed by atoms with Crippen LogP contribution in [0.15, 0.2) is 47.5 Å². The Labute approximate surface area is 305 Å². The third-order valence-electron chi connectivity index (χ3n) is 10.3. The lowest BCUT2D eigenvalue weighted by Crippen LogP contribution is -2.50. The lowest BCUT2D eigenvalue weighted by atomic mass is 9.70. The first-order valence-corrected chi connectivity index (χ1v) is 18.7. The summed E-state index contributed by atoms with van der Waals surface area (Å²) in [4.78, 5) is 17.3. The van der Waals surface area contributed by atoms with Gasteiger partial charge in [0.15, 0.2) is 5.65 Å². The van der Waals surface area contributed by atoms with Gasteiger partial charge in [0.05, 0.1) is 25.2 Å². The number of ether oxygens (including phenoxy) is 2. The number of nitrogens with one attached hydrogen (secondary N) is 1. The zero-order chi connectivity index (χ0) is 38.5. The van der Waals surface area contributed by atoms with E-state index in [0.29, 0.717) is 60.5 Å². The number of anilines is 1. The van der Waals surface area contributed by atoms with E-state index in [-0.39, 0.29) is 42.2 Å². The fourth-order valence-corrected chi connectivity index (χ4v) is 8.71. The number of sulfonamides is 1. The number of aliphatic hydroxyl groups is 1. The van der Waals surface area contributed by atoms with E-state index in [2.05, 4.69) is 20.5 Å². The van der Waals surface area contributed by atoms with Crippen LogP contribution in [0, 0.1) is 19.3 Å². The van der Waals surface area contributed by atoms with E-state index in [1.807, 2.05) is 13.8 Å². The number of hydrogen-bond donors (Lipinski definition) is 3. The van der Waals surface area contributed by atoms with Crippen LogP contribution in [0.3, 0.4) is 0 Å². The smallest absolute Gasteiger partial charge is 0.452 e. The number of alkyl halides is 3. The van der Waals surface area contributed by atoms with E-state index < -0.39 is 44.9 Å². The summed E-state index contributed by atoms with van der Waals surface area (Å²) in [7, 11) is -4.20. The summed E-state index contributed by atoms with van der Waals surface area (Å²) in [5.74, 6) is -2.85. The molecule has 286 valence electrons. The normalized spacial score (nSPS) is 18.6. The van der Waals surface area contributed by atoms with E-state index in [9.17, 15) is 36.6 Å². The molecule has 0 aliphatic carbocycles. The maximum atomic E-state index is 14.5. The van der Waals surface area contributed by atoms with Gasteiger partial charge >= 0.3 is 12.1 Å². The number of rotatable bonds is 10. The zero-order valence-corrected chi connectivity index (χ0v) is 30.9. The quantitative estimate of drug-likeness (QED) is 0.191. The van der Waals surface area contributed by atoms with Crippen LogP contribution in [-0.4, -0.2) is 86.5 Å². The summed E-state index contributed by atoms with van der Waals surface area (Å²) in [6.45, 7) is 8.95. The van der Waals surface area contributed by atoms with Crippen molar-refractivity contribution in [2.24, 2.45) is 5.41 Å². The number of fused-ring (bicyclic) bond motifs is 2. The van der Waals surface area contributed by atoms with Gasteiger partial charge < -0.3 is 25.0 Å². The third-order valence-corrected chi connectivity index (χ3v) is 12.1. The Balaban J connectivity index is 1.43. The summed E-state index contributed by atoms with van der Waals surface area (Å²) < 4.78 is 84.3. The first kappa shape index (κ1) is 38.4. The van der Waals surface area contributed by atoms with Crippen molar-refractivity contribution in [3.05, 3.63) is 76.2 Å². The molecule has 0 amide bonds. The first-order chi connectivity index (χ1) is 24.9. The highest BCUT2D eigenvalue weighted by atomic mass is 32.2. The van der Waals surface area contributed by atoms with E-state index in [0.717, 1.165) is 9.96 Å². The zero-order valence-electron chi connectivity index (χ0n) is 30.1. The minimum absolute atomic E-state index is 0.00333. The van der Waals surface area contributed by atoms with Crippen LogP contribution in [0.2, 0.25) is 0 Å². The number of hydrogen-bond acceptors (Lipinski definition) is 10. The topological polar surface area (TPSA) is 168 Å². The predicted molar refractivity (Wildman–Crippen MR) is 187 cm³/mol. The molecule has 2 atom stereocenters. The lowest BCUT2D eigenvalue weighted by Gasteiger charge is -2.38. The first-order valence-electron chi connectivity index (χ1n) is 17.3. The van der Waals surface area contributed by atoms with Crippen LogP contribution in [-0.2, 0) is 32.3 Å². The number of aryl methyl sites for hydroxylation is 2. The van der Waals surface area contributed by atoms with Crippen molar-refractivity contribution >= 4 is 27.5 Å². The van der Waals surface area contributed by atoms with Gasteiger partial charge in [0.2, 0.25) is 21.7 Å². The number of aliphatic carboxylic acids is 1. The highest BCUT2D eigenvalue weighted by Gasteiger charge is 2.46.